The van der Waals surface area contributed by atoms with Gasteiger partial charge in [-0.2, -0.15) is 0 Å². The predicted molar refractivity (Wildman–Crippen MR) is 76.6 cm³/mol. The second kappa shape index (κ2) is 6.03. The summed E-state index contributed by atoms with van der Waals surface area (Å²) < 4.78 is 13.0. The summed E-state index contributed by atoms with van der Waals surface area (Å²) in [5.74, 6) is -1.95. The SMILES string of the molecule is CNC(=O)NC(=O)CN1C(=O)N[C@](C)(c2ccc(F)cc2)C1=O. The molecule has 0 aliphatic carbocycles. The average Bonchev–Trinajstić information content (AvgIpc) is 2.72. The molecule has 8 nitrogen and oxygen atoms in total. The first kappa shape index (κ1) is 16.4. The molecule has 6 amide bonds. The van der Waals surface area contributed by atoms with Crippen LogP contribution in [0.1, 0.15) is 12.5 Å². The van der Waals surface area contributed by atoms with Crippen molar-refractivity contribution in [2.24, 2.45) is 0 Å². The van der Waals surface area contributed by atoms with E-state index in [0.717, 1.165) is 0 Å². The molecule has 0 spiro atoms. The van der Waals surface area contributed by atoms with Gasteiger partial charge in [0.05, 0.1) is 0 Å². The third-order valence-electron chi connectivity index (χ3n) is 3.48. The lowest BCUT2D eigenvalue weighted by Crippen LogP contribution is -2.46. The Hall–Kier alpha value is -2.97. The van der Waals surface area contributed by atoms with Crippen LogP contribution >= 0.6 is 0 Å². The van der Waals surface area contributed by atoms with Crippen molar-refractivity contribution in [3.05, 3.63) is 35.6 Å². The number of hydrogen-bond acceptors (Lipinski definition) is 4. The second-order valence-corrected chi connectivity index (χ2v) is 5.08. The molecule has 1 aromatic rings. The van der Waals surface area contributed by atoms with Crippen LogP contribution in [0.3, 0.4) is 0 Å². The van der Waals surface area contributed by atoms with Gasteiger partial charge in [-0.15, -0.1) is 0 Å². The van der Waals surface area contributed by atoms with Crippen molar-refractivity contribution < 1.29 is 23.6 Å². The van der Waals surface area contributed by atoms with Crippen molar-refractivity contribution in [1.29, 1.82) is 0 Å². The lowest BCUT2D eigenvalue weighted by Gasteiger charge is -2.22. The minimum atomic E-state index is -1.40. The summed E-state index contributed by atoms with van der Waals surface area (Å²) in [6.45, 7) is 0.853. The Bertz CT molecular complexity index is 676. The highest BCUT2D eigenvalue weighted by Gasteiger charge is 2.49. The smallest absolute Gasteiger partial charge is 0.325 e. The zero-order valence-electron chi connectivity index (χ0n) is 12.5. The molecule has 1 atom stereocenters. The van der Waals surface area contributed by atoms with Gasteiger partial charge in [-0.1, -0.05) is 12.1 Å². The van der Waals surface area contributed by atoms with Gasteiger partial charge in [-0.05, 0) is 24.6 Å². The molecule has 0 radical (unpaired) electrons. The molecule has 0 aromatic heterocycles. The topological polar surface area (TPSA) is 108 Å². The summed E-state index contributed by atoms with van der Waals surface area (Å²) in [6, 6.07) is 3.57. The lowest BCUT2D eigenvalue weighted by atomic mass is 9.92. The van der Waals surface area contributed by atoms with E-state index in [1.54, 1.807) is 0 Å². The van der Waals surface area contributed by atoms with E-state index in [9.17, 15) is 23.6 Å². The van der Waals surface area contributed by atoms with Crippen molar-refractivity contribution >= 4 is 23.9 Å². The molecule has 1 fully saturated rings. The van der Waals surface area contributed by atoms with Crippen LogP contribution < -0.4 is 16.0 Å². The van der Waals surface area contributed by atoms with Crippen molar-refractivity contribution in [2.75, 3.05) is 13.6 Å². The number of halogens is 1. The Labute approximate surface area is 131 Å². The van der Waals surface area contributed by atoms with Crippen LogP contribution in [0.4, 0.5) is 14.0 Å². The Balaban J connectivity index is 2.17. The summed E-state index contributed by atoms with van der Waals surface area (Å²) >= 11 is 0. The first-order valence-corrected chi connectivity index (χ1v) is 6.69. The molecule has 1 aromatic carbocycles. The molecule has 0 unspecified atom stereocenters. The van der Waals surface area contributed by atoms with E-state index in [0.29, 0.717) is 10.5 Å². The molecule has 0 saturated carbocycles. The zero-order chi connectivity index (χ0) is 17.2. The van der Waals surface area contributed by atoms with Gasteiger partial charge in [0.25, 0.3) is 5.91 Å². The molecule has 3 N–H and O–H groups in total. The van der Waals surface area contributed by atoms with Gasteiger partial charge in [0.15, 0.2) is 0 Å². The molecule has 23 heavy (non-hydrogen) atoms. The number of urea groups is 2. The van der Waals surface area contributed by atoms with E-state index in [2.05, 4.69) is 10.6 Å². The number of imide groups is 2. The predicted octanol–water partition coefficient (Wildman–Crippen LogP) is 0.0483. The minimum Gasteiger partial charge on any atom is -0.341 e. The minimum absolute atomic E-state index is 0.381. The molecule has 1 aliphatic heterocycles. The fourth-order valence-corrected chi connectivity index (χ4v) is 2.19. The number of amides is 6. The Morgan fingerprint density at radius 3 is 2.43 bits per heavy atom. The molecule has 2 rings (SSSR count). The summed E-state index contributed by atoms with van der Waals surface area (Å²) in [6.07, 6.45) is 0. The molecule has 0 bridgehead atoms. The number of rotatable bonds is 3. The zero-order valence-corrected chi connectivity index (χ0v) is 12.5. The largest absolute Gasteiger partial charge is 0.341 e. The molecular formula is C14H15FN4O4. The van der Waals surface area contributed by atoms with Crippen molar-refractivity contribution in [1.82, 2.24) is 20.9 Å². The summed E-state index contributed by atoms with van der Waals surface area (Å²) in [7, 11) is 1.32. The van der Waals surface area contributed by atoms with Crippen LogP contribution in [0.25, 0.3) is 0 Å². The highest BCUT2D eigenvalue weighted by Crippen LogP contribution is 2.28. The number of carbonyl (C=O) groups is 4. The summed E-state index contributed by atoms with van der Waals surface area (Å²) in [4.78, 5) is 47.9. The van der Waals surface area contributed by atoms with E-state index < -0.39 is 41.8 Å². The Kier molecular flexibility index (Phi) is 4.30. The summed E-state index contributed by atoms with van der Waals surface area (Å²) in [5, 5.41) is 6.61. The maximum Gasteiger partial charge on any atom is 0.325 e. The Morgan fingerprint density at radius 1 is 1.26 bits per heavy atom. The fraction of sp³-hybridized carbons (Fsp3) is 0.286. The molecular weight excluding hydrogens is 307 g/mol. The Morgan fingerprint density at radius 2 is 1.87 bits per heavy atom. The van der Waals surface area contributed by atoms with Gasteiger partial charge >= 0.3 is 12.1 Å². The first-order chi connectivity index (χ1) is 10.8. The standard InChI is InChI=1S/C14H15FN4O4/c1-14(8-3-5-9(15)6-4-8)11(21)19(13(23)18-14)7-10(20)17-12(22)16-2/h3-6H,7H2,1-2H3,(H,18,23)(H2,16,17,20,22)/t14-/m1/s1. The fourth-order valence-electron chi connectivity index (χ4n) is 2.19. The maximum atomic E-state index is 13.0. The number of carbonyl (C=O) groups excluding carboxylic acids is 4. The van der Waals surface area contributed by atoms with Gasteiger partial charge in [-0.25, -0.2) is 14.0 Å². The highest BCUT2D eigenvalue weighted by molar-refractivity contribution is 6.10. The van der Waals surface area contributed by atoms with Gasteiger partial charge in [0, 0.05) is 7.05 Å². The average molecular weight is 322 g/mol. The number of benzene rings is 1. The second-order valence-electron chi connectivity index (χ2n) is 5.08. The van der Waals surface area contributed by atoms with Gasteiger partial charge in [-0.3, -0.25) is 19.8 Å². The van der Waals surface area contributed by atoms with E-state index in [1.165, 1.54) is 38.2 Å². The van der Waals surface area contributed by atoms with Gasteiger partial charge < -0.3 is 10.6 Å². The van der Waals surface area contributed by atoms with Crippen molar-refractivity contribution in [3.63, 3.8) is 0 Å². The van der Waals surface area contributed by atoms with E-state index >= 15 is 0 Å². The van der Waals surface area contributed by atoms with Crippen LogP contribution in [0.5, 0.6) is 0 Å². The molecule has 1 aliphatic rings. The van der Waals surface area contributed by atoms with Crippen molar-refractivity contribution in [2.45, 2.75) is 12.5 Å². The maximum absolute atomic E-state index is 13.0. The highest BCUT2D eigenvalue weighted by atomic mass is 19.1. The van der Waals surface area contributed by atoms with Crippen LogP contribution in [-0.4, -0.2) is 42.4 Å². The quantitative estimate of drug-likeness (QED) is 0.683. The number of hydrogen-bond donors (Lipinski definition) is 3. The monoisotopic (exact) mass is 322 g/mol. The normalized spacial score (nSPS) is 20.2. The van der Waals surface area contributed by atoms with E-state index in [4.69, 9.17) is 0 Å². The van der Waals surface area contributed by atoms with Gasteiger partial charge in [0.2, 0.25) is 5.91 Å². The molecule has 1 heterocycles. The lowest BCUT2D eigenvalue weighted by molar-refractivity contribution is -0.134. The van der Waals surface area contributed by atoms with Crippen molar-refractivity contribution in [3.8, 4) is 0 Å². The summed E-state index contributed by atoms with van der Waals surface area (Å²) in [5.41, 5.74) is -1.02. The van der Waals surface area contributed by atoms with E-state index in [-0.39, 0.29) is 0 Å². The first-order valence-electron chi connectivity index (χ1n) is 6.69. The van der Waals surface area contributed by atoms with Gasteiger partial charge in [0.1, 0.15) is 17.9 Å². The molecule has 9 heteroatoms. The van der Waals surface area contributed by atoms with Crippen LogP contribution in [-0.2, 0) is 15.1 Å². The third kappa shape index (κ3) is 3.12. The van der Waals surface area contributed by atoms with E-state index in [1.807, 2.05) is 5.32 Å². The third-order valence-corrected chi connectivity index (χ3v) is 3.48. The number of nitrogens with one attached hydrogen (secondary N) is 3. The van der Waals surface area contributed by atoms with Crippen LogP contribution in [0.15, 0.2) is 24.3 Å². The number of nitrogens with zero attached hydrogens (tertiary/aromatic N) is 1. The van der Waals surface area contributed by atoms with Crippen LogP contribution in [0, 0.1) is 5.82 Å². The molecule has 1 saturated heterocycles. The molecule has 122 valence electrons. The van der Waals surface area contributed by atoms with Crippen LogP contribution in [0.2, 0.25) is 0 Å².